The van der Waals surface area contributed by atoms with Crippen LogP contribution >= 0.6 is 39.3 Å². The first-order valence-corrected chi connectivity index (χ1v) is 9.70. The summed E-state index contributed by atoms with van der Waals surface area (Å²) >= 11 is 10.9. The minimum Gasteiger partial charge on any atom is -0.496 e. The van der Waals surface area contributed by atoms with Crippen molar-refractivity contribution in [3.8, 4) is 5.75 Å². The summed E-state index contributed by atoms with van der Waals surface area (Å²) in [6.07, 6.45) is 0. The number of ether oxygens (including phenoxy) is 1. The zero-order valence-corrected chi connectivity index (χ0v) is 16.8. The summed E-state index contributed by atoms with van der Waals surface area (Å²) in [5.74, 6) is 1.23. The first kappa shape index (κ1) is 18.3. The lowest BCUT2D eigenvalue weighted by Crippen LogP contribution is -2.34. The van der Waals surface area contributed by atoms with Crippen LogP contribution in [0.5, 0.6) is 5.75 Å². The van der Waals surface area contributed by atoms with Crippen molar-refractivity contribution in [2.24, 2.45) is 4.99 Å². The fraction of sp³-hybridized carbons (Fsp3) is 0.222. The Kier molecular flexibility index (Phi) is 5.41. The molecular formula is C18H16BrClN2O2S. The van der Waals surface area contributed by atoms with E-state index in [-0.39, 0.29) is 5.91 Å². The van der Waals surface area contributed by atoms with Gasteiger partial charge in [0.2, 0.25) is 0 Å². The number of halogens is 2. The number of nitrogens with zero attached hydrogens (tertiary/aromatic N) is 1. The summed E-state index contributed by atoms with van der Waals surface area (Å²) in [6, 6.07) is 13.1. The molecule has 0 saturated carbocycles. The van der Waals surface area contributed by atoms with Gasteiger partial charge in [-0.25, -0.2) is 4.99 Å². The molecule has 1 aliphatic rings. The molecule has 0 aliphatic carbocycles. The molecule has 0 spiro atoms. The quantitative estimate of drug-likeness (QED) is 0.748. The van der Waals surface area contributed by atoms with E-state index in [1.165, 1.54) is 11.8 Å². The largest absolute Gasteiger partial charge is 0.496 e. The third-order valence-electron chi connectivity index (χ3n) is 4.00. The molecule has 25 heavy (non-hydrogen) atoms. The smallest absolute Gasteiger partial charge is 0.258 e. The van der Waals surface area contributed by atoms with Gasteiger partial charge in [0.15, 0.2) is 10.7 Å². The summed E-state index contributed by atoms with van der Waals surface area (Å²) < 4.78 is 6.32. The van der Waals surface area contributed by atoms with E-state index in [2.05, 4.69) is 26.2 Å². The number of amides is 1. The van der Waals surface area contributed by atoms with Gasteiger partial charge in [0, 0.05) is 20.8 Å². The highest BCUT2D eigenvalue weighted by atomic mass is 79.9. The van der Waals surface area contributed by atoms with Gasteiger partial charge in [-0.15, -0.1) is 0 Å². The number of benzene rings is 2. The summed E-state index contributed by atoms with van der Waals surface area (Å²) in [7, 11) is 1.62. The van der Waals surface area contributed by atoms with Crippen LogP contribution in [0.2, 0.25) is 5.02 Å². The maximum Gasteiger partial charge on any atom is 0.258 e. The van der Waals surface area contributed by atoms with E-state index in [0.29, 0.717) is 15.9 Å². The minimum absolute atomic E-state index is 0.129. The highest BCUT2D eigenvalue weighted by Gasteiger charge is 2.40. The Bertz CT molecular complexity index is 841. The molecule has 1 N–H and O–H groups in total. The van der Waals surface area contributed by atoms with Crippen LogP contribution < -0.4 is 10.1 Å². The van der Waals surface area contributed by atoms with Gasteiger partial charge in [0.05, 0.1) is 7.11 Å². The number of carbonyl (C=O) groups excluding carboxylic acids is 1. The third-order valence-corrected chi connectivity index (χ3v) is 5.69. The standard InChI is InChI=1S/C18H16BrClN2O2S/c1-18(12-3-5-13(19)6-4-12)16(23)21-17(22-18)25-10-11-9-14(20)7-8-15(11)24-2/h3-9H,10H2,1-2H3,(H,21,22,23)/t18-/m1/s1. The maximum atomic E-state index is 12.5. The van der Waals surface area contributed by atoms with E-state index in [0.717, 1.165) is 21.3 Å². The van der Waals surface area contributed by atoms with Gasteiger partial charge in [-0.1, -0.05) is 51.4 Å². The number of carbonyl (C=O) groups is 1. The summed E-state index contributed by atoms with van der Waals surface area (Å²) in [5.41, 5.74) is 0.889. The number of nitrogens with one attached hydrogen (secondary N) is 1. The molecule has 3 rings (SSSR count). The van der Waals surface area contributed by atoms with Crippen LogP contribution in [0.1, 0.15) is 18.1 Å². The summed E-state index contributed by atoms with van der Waals surface area (Å²) in [5, 5.41) is 4.11. The number of rotatable bonds is 4. The molecule has 2 aromatic rings. The molecular weight excluding hydrogens is 424 g/mol. The second-order valence-corrected chi connectivity index (χ2v) is 8.01. The van der Waals surface area contributed by atoms with Gasteiger partial charge in [0.1, 0.15) is 5.75 Å². The summed E-state index contributed by atoms with van der Waals surface area (Å²) in [6.45, 7) is 1.82. The highest BCUT2D eigenvalue weighted by molar-refractivity contribution is 9.10. The van der Waals surface area contributed by atoms with Gasteiger partial charge in [-0.05, 0) is 42.8 Å². The Labute approximate surface area is 164 Å². The zero-order valence-electron chi connectivity index (χ0n) is 13.7. The first-order chi connectivity index (χ1) is 11.9. The predicted molar refractivity (Wildman–Crippen MR) is 106 cm³/mol. The molecule has 7 heteroatoms. The molecule has 1 atom stereocenters. The van der Waals surface area contributed by atoms with Gasteiger partial charge >= 0.3 is 0 Å². The lowest BCUT2D eigenvalue weighted by atomic mass is 9.93. The Morgan fingerprint density at radius 1 is 1.28 bits per heavy atom. The van der Waals surface area contributed by atoms with Gasteiger partial charge < -0.3 is 10.1 Å². The summed E-state index contributed by atoms with van der Waals surface area (Å²) in [4.78, 5) is 17.1. The molecule has 1 amide bonds. The van der Waals surface area contributed by atoms with E-state index in [4.69, 9.17) is 16.3 Å². The van der Waals surface area contributed by atoms with Crippen LogP contribution in [0.4, 0.5) is 0 Å². The van der Waals surface area contributed by atoms with Gasteiger partial charge in [-0.2, -0.15) is 0 Å². The van der Waals surface area contributed by atoms with Crippen molar-refractivity contribution in [3.05, 3.63) is 63.1 Å². The topological polar surface area (TPSA) is 50.7 Å². The number of thioether (sulfide) groups is 1. The van der Waals surface area contributed by atoms with Crippen LogP contribution in [0.25, 0.3) is 0 Å². The van der Waals surface area contributed by atoms with E-state index in [1.54, 1.807) is 13.2 Å². The number of hydrogen-bond donors (Lipinski definition) is 1. The maximum absolute atomic E-state index is 12.5. The molecule has 1 aliphatic heterocycles. The Balaban J connectivity index is 1.79. The third kappa shape index (κ3) is 3.86. The highest BCUT2D eigenvalue weighted by Crippen LogP contribution is 2.33. The molecule has 0 aromatic heterocycles. The lowest BCUT2D eigenvalue weighted by molar-refractivity contribution is -0.123. The first-order valence-electron chi connectivity index (χ1n) is 7.55. The van der Waals surface area contributed by atoms with E-state index in [1.807, 2.05) is 43.3 Å². The lowest BCUT2D eigenvalue weighted by Gasteiger charge is -2.17. The fourth-order valence-electron chi connectivity index (χ4n) is 2.55. The monoisotopic (exact) mass is 438 g/mol. The van der Waals surface area contributed by atoms with Gasteiger partial charge in [0.25, 0.3) is 5.91 Å². The zero-order chi connectivity index (χ0) is 18.0. The second kappa shape index (κ2) is 7.40. The SMILES string of the molecule is COc1ccc(Cl)cc1CSC1=N[C@](C)(c2ccc(Br)cc2)C(=O)N1. The van der Waals surface area contributed by atoms with E-state index in [9.17, 15) is 4.79 Å². The predicted octanol–water partition coefficient (Wildman–Crippen LogP) is 4.75. The average Bonchev–Trinajstić information content (AvgIpc) is 2.89. The molecule has 4 nitrogen and oxygen atoms in total. The van der Waals surface area contributed by atoms with E-state index < -0.39 is 5.54 Å². The van der Waals surface area contributed by atoms with Crippen molar-refractivity contribution in [1.82, 2.24) is 5.32 Å². The van der Waals surface area contributed by atoms with Crippen molar-refractivity contribution in [2.75, 3.05) is 7.11 Å². The van der Waals surface area contributed by atoms with Crippen LogP contribution in [-0.4, -0.2) is 18.2 Å². The van der Waals surface area contributed by atoms with Crippen molar-refractivity contribution in [1.29, 1.82) is 0 Å². The van der Waals surface area contributed by atoms with Crippen LogP contribution in [0.3, 0.4) is 0 Å². The Morgan fingerprint density at radius 2 is 2.00 bits per heavy atom. The Hall–Kier alpha value is -1.50. The average molecular weight is 440 g/mol. The van der Waals surface area contributed by atoms with Crippen molar-refractivity contribution >= 4 is 50.4 Å². The molecule has 0 bridgehead atoms. The molecule has 130 valence electrons. The normalized spacial score (nSPS) is 19.5. The number of methoxy groups -OCH3 is 1. The van der Waals surface area contributed by atoms with E-state index >= 15 is 0 Å². The van der Waals surface area contributed by atoms with Gasteiger partial charge in [-0.3, -0.25) is 4.79 Å². The molecule has 2 aromatic carbocycles. The molecule has 0 saturated heterocycles. The van der Waals surface area contributed by atoms with Crippen molar-refractivity contribution in [3.63, 3.8) is 0 Å². The molecule has 1 heterocycles. The Morgan fingerprint density at radius 3 is 2.68 bits per heavy atom. The number of aliphatic imine (C=N–C) groups is 1. The number of amidine groups is 1. The van der Waals surface area contributed by atoms with Crippen molar-refractivity contribution < 1.29 is 9.53 Å². The molecule has 0 radical (unpaired) electrons. The van der Waals surface area contributed by atoms with Crippen LogP contribution in [0, 0.1) is 0 Å². The fourth-order valence-corrected chi connectivity index (χ4v) is 3.93. The number of hydrogen-bond acceptors (Lipinski definition) is 4. The van der Waals surface area contributed by atoms with Crippen LogP contribution in [0.15, 0.2) is 51.9 Å². The molecule has 0 fully saturated rings. The minimum atomic E-state index is -0.915. The second-order valence-electron chi connectivity index (χ2n) is 5.70. The van der Waals surface area contributed by atoms with Crippen LogP contribution in [-0.2, 0) is 16.1 Å². The molecule has 0 unspecified atom stereocenters. The van der Waals surface area contributed by atoms with Crippen molar-refractivity contribution in [2.45, 2.75) is 18.2 Å².